The van der Waals surface area contributed by atoms with E-state index in [9.17, 15) is 18.4 Å². The number of nitrogens with two attached hydrogens (primary N) is 1. The molecule has 1 fully saturated rings. The Kier molecular flexibility index (Phi) is 4.68. The first-order valence-electron chi connectivity index (χ1n) is 8.85. The molecule has 154 valence electrons. The van der Waals surface area contributed by atoms with Crippen molar-refractivity contribution in [1.29, 1.82) is 0 Å². The number of imidazole rings is 1. The number of pyridine rings is 1. The molecule has 29 heavy (non-hydrogen) atoms. The highest BCUT2D eigenvalue weighted by Crippen LogP contribution is 2.36. The van der Waals surface area contributed by atoms with Gasteiger partial charge in [0, 0.05) is 18.5 Å². The first-order chi connectivity index (χ1) is 13.8. The number of nitrogens with zero attached hydrogens (tertiary/aromatic N) is 4. The third-order valence-electron chi connectivity index (χ3n) is 4.70. The Labute approximate surface area is 163 Å². The maximum absolute atomic E-state index is 13.3. The first-order valence-corrected chi connectivity index (χ1v) is 8.85. The lowest BCUT2D eigenvalue weighted by molar-refractivity contribution is -0.118. The summed E-state index contributed by atoms with van der Waals surface area (Å²) < 4.78 is 38.7. The van der Waals surface area contributed by atoms with E-state index in [0.717, 1.165) is 4.90 Å². The fourth-order valence-corrected chi connectivity index (χ4v) is 3.14. The van der Waals surface area contributed by atoms with E-state index in [1.807, 2.05) is 0 Å². The maximum atomic E-state index is 13.3. The highest BCUT2D eigenvalue weighted by Gasteiger charge is 2.42. The average molecular weight is 408 g/mol. The summed E-state index contributed by atoms with van der Waals surface area (Å²) in [6.45, 7) is 1.88. The molecule has 2 atom stereocenters. The van der Waals surface area contributed by atoms with Gasteiger partial charge < -0.3 is 25.1 Å². The van der Waals surface area contributed by atoms with Crippen molar-refractivity contribution in [2.75, 3.05) is 23.4 Å². The highest BCUT2D eigenvalue weighted by molar-refractivity contribution is 5.89. The van der Waals surface area contributed by atoms with Gasteiger partial charge in [0.25, 0.3) is 6.43 Å². The van der Waals surface area contributed by atoms with E-state index >= 15 is 0 Å². The van der Waals surface area contributed by atoms with Crippen LogP contribution in [0.5, 0.6) is 5.75 Å². The minimum Gasteiger partial charge on any atom is -0.491 e. The number of alkyl halides is 2. The van der Waals surface area contributed by atoms with Crippen LogP contribution in [0.2, 0.25) is 0 Å². The summed E-state index contributed by atoms with van der Waals surface area (Å²) in [4.78, 5) is 32.7. The van der Waals surface area contributed by atoms with Crippen LogP contribution in [0, 0.1) is 0 Å². The second-order valence-corrected chi connectivity index (χ2v) is 6.65. The van der Waals surface area contributed by atoms with Crippen LogP contribution in [0.4, 0.5) is 25.2 Å². The Morgan fingerprint density at radius 1 is 1.41 bits per heavy atom. The average Bonchev–Trinajstić information content (AvgIpc) is 3.21. The van der Waals surface area contributed by atoms with Gasteiger partial charge in [0.05, 0.1) is 12.1 Å². The van der Waals surface area contributed by atoms with Crippen molar-refractivity contribution in [3.63, 3.8) is 0 Å². The van der Waals surface area contributed by atoms with Gasteiger partial charge in [0.15, 0.2) is 5.82 Å². The Morgan fingerprint density at radius 2 is 2.21 bits per heavy atom. The van der Waals surface area contributed by atoms with Crippen LogP contribution in [-0.4, -0.2) is 58.3 Å². The molecule has 1 saturated heterocycles. The lowest BCUT2D eigenvalue weighted by Crippen LogP contribution is -2.38. The van der Waals surface area contributed by atoms with Crippen molar-refractivity contribution in [2.45, 2.75) is 32.0 Å². The molecule has 2 aromatic rings. The standard InChI is InChI=1S/C17H18F2N6O4/c1-8(15(20)26)22-12-4-11-9(5-21-12)16-23-13(6-24(16)2-3-28-11)25-10(14(18)19)7-29-17(25)27/h4-6,8,10,14H,2-3,7H2,1H3,(H2,20,26)(H,21,22)/t8?,10-/m0/s1. The number of fused-ring (bicyclic) bond motifs is 3. The summed E-state index contributed by atoms with van der Waals surface area (Å²) in [7, 11) is 0. The third-order valence-corrected chi connectivity index (χ3v) is 4.70. The van der Waals surface area contributed by atoms with Crippen molar-refractivity contribution >= 4 is 23.6 Å². The summed E-state index contributed by atoms with van der Waals surface area (Å²) in [6.07, 6.45) is -0.622. The van der Waals surface area contributed by atoms with Gasteiger partial charge in [0.1, 0.15) is 42.7 Å². The molecule has 4 rings (SSSR count). The summed E-state index contributed by atoms with van der Waals surface area (Å²) in [5, 5.41) is 2.86. The molecule has 4 heterocycles. The molecule has 0 aliphatic carbocycles. The van der Waals surface area contributed by atoms with Crippen LogP contribution < -0.4 is 20.7 Å². The number of ether oxygens (including phenoxy) is 2. The molecule has 10 nitrogen and oxygen atoms in total. The molecule has 0 saturated carbocycles. The second kappa shape index (κ2) is 7.18. The predicted octanol–water partition coefficient (Wildman–Crippen LogP) is 1.21. The number of carbonyl (C=O) groups is 2. The van der Waals surface area contributed by atoms with Crippen LogP contribution in [-0.2, 0) is 16.1 Å². The van der Waals surface area contributed by atoms with Gasteiger partial charge in [-0.1, -0.05) is 0 Å². The van der Waals surface area contributed by atoms with E-state index in [0.29, 0.717) is 29.5 Å². The zero-order valence-electron chi connectivity index (χ0n) is 15.3. The summed E-state index contributed by atoms with van der Waals surface area (Å²) in [5.41, 5.74) is 5.77. The number of cyclic esters (lactones) is 1. The van der Waals surface area contributed by atoms with Gasteiger partial charge in [0.2, 0.25) is 5.91 Å². The zero-order chi connectivity index (χ0) is 20.7. The van der Waals surface area contributed by atoms with Gasteiger partial charge in [-0.2, -0.15) is 0 Å². The topological polar surface area (TPSA) is 125 Å². The molecule has 0 bridgehead atoms. The van der Waals surface area contributed by atoms with Crippen LogP contribution in [0.15, 0.2) is 18.5 Å². The molecule has 1 unspecified atom stereocenters. The van der Waals surface area contributed by atoms with E-state index in [1.54, 1.807) is 17.6 Å². The molecule has 2 amide bonds. The van der Waals surface area contributed by atoms with Crippen LogP contribution in [0.1, 0.15) is 6.92 Å². The molecule has 2 aliphatic rings. The van der Waals surface area contributed by atoms with E-state index in [4.69, 9.17) is 15.2 Å². The lowest BCUT2D eigenvalue weighted by atomic mass is 10.2. The summed E-state index contributed by atoms with van der Waals surface area (Å²) >= 11 is 0. The number of hydrogen-bond acceptors (Lipinski definition) is 7. The molecule has 0 radical (unpaired) electrons. The zero-order valence-corrected chi connectivity index (χ0v) is 15.3. The lowest BCUT2D eigenvalue weighted by Gasteiger charge is -2.17. The summed E-state index contributed by atoms with van der Waals surface area (Å²) in [5.74, 6) is 0.794. The third kappa shape index (κ3) is 3.41. The van der Waals surface area contributed by atoms with Gasteiger partial charge in [-0.3, -0.25) is 4.79 Å². The van der Waals surface area contributed by atoms with Gasteiger partial charge in [-0.25, -0.2) is 28.4 Å². The van der Waals surface area contributed by atoms with Crippen molar-refractivity contribution in [3.05, 3.63) is 18.5 Å². The number of hydrogen-bond donors (Lipinski definition) is 2. The van der Waals surface area contributed by atoms with E-state index in [1.165, 1.54) is 12.4 Å². The SMILES string of the molecule is CC(Nc1cc2c(cn1)-c1nc(N3C(=O)OC[C@H]3C(F)F)cn1CCO2)C(N)=O. The Morgan fingerprint density at radius 3 is 2.93 bits per heavy atom. The first kappa shape index (κ1) is 18.9. The van der Waals surface area contributed by atoms with Crippen LogP contribution in [0.3, 0.4) is 0 Å². The molecule has 12 heteroatoms. The number of rotatable bonds is 5. The molecule has 2 aliphatic heterocycles. The number of amides is 2. The van der Waals surface area contributed by atoms with Gasteiger partial charge in [-0.15, -0.1) is 0 Å². The predicted molar refractivity (Wildman–Crippen MR) is 96.9 cm³/mol. The Balaban J connectivity index is 1.68. The number of aromatic nitrogens is 3. The smallest absolute Gasteiger partial charge is 0.416 e. The van der Waals surface area contributed by atoms with Crippen LogP contribution in [0.25, 0.3) is 11.4 Å². The molecule has 0 aromatic carbocycles. The monoisotopic (exact) mass is 408 g/mol. The van der Waals surface area contributed by atoms with E-state index in [2.05, 4.69) is 15.3 Å². The Hall–Kier alpha value is -3.44. The molecule has 0 spiro atoms. The normalized spacial score (nSPS) is 19.1. The number of halogens is 2. The molecule has 3 N–H and O–H groups in total. The van der Waals surface area contributed by atoms with Crippen molar-refractivity contribution in [2.24, 2.45) is 5.73 Å². The van der Waals surface area contributed by atoms with Crippen LogP contribution >= 0.6 is 0 Å². The molecular weight excluding hydrogens is 390 g/mol. The maximum Gasteiger partial charge on any atom is 0.416 e. The number of primary amides is 1. The highest BCUT2D eigenvalue weighted by atomic mass is 19.3. The van der Waals surface area contributed by atoms with Crippen molar-refractivity contribution in [1.82, 2.24) is 14.5 Å². The van der Waals surface area contributed by atoms with Crippen molar-refractivity contribution < 1.29 is 27.8 Å². The minimum absolute atomic E-state index is 0.0743. The van der Waals surface area contributed by atoms with E-state index < -0.39 is 37.1 Å². The van der Waals surface area contributed by atoms with E-state index in [-0.39, 0.29) is 12.4 Å². The second-order valence-electron chi connectivity index (χ2n) is 6.65. The van der Waals surface area contributed by atoms with Crippen molar-refractivity contribution in [3.8, 4) is 17.1 Å². The Bertz CT molecular complexity index is 965. The van der Waals surface area contributed by atoms with Gasteiger partial charge >= 0.3 is 6.09 Å². The number of anilines is 2. The minimum atomic E-state index is -2.76. The fourth-order valence-electron chi connectivity index (χ4n) is 3.14. The quantitative estimate of drug-likeness (QED) is 0.762. The number of carbonyl (C=O) groups excluding carboxylic acids is 2. The molecule has 2 aromatic heterocycles. The fraction of sp³-hybridized carbons (Fsp3) is 0.412. The largest absolute Gasteiger partial charge is 0.491 e. The molecular formula is C17H18F2N6O4. The number of nitrogens with one attached hydrogen (secondary N) is 1. The summed E-state index contributed by atoms with van der Waals surface area (Å²) in [6, 6.07) is -0.421. The van der Waals surface area contributed by atoms with Gasteiger partial charge in [-0.05, 0) is 6.92 Å².